The summed E-state index contributed by atoms with van der Waals surface area (Å²) in [5.74, 6) is 0.618. The molecule has 0 N–H and O–H groups in total. The van der Waals surface area contributed by atoms with E-state index in [1.165, 1.54) is 0 Å². The number of Topliss-reactive ketones (excluding diaryl/α,β-unsaturated/α-hetero) is 1. The number of benzene rings is 1. The molecule has 2 fully saturated rings. The number of halogens is 1. The Labute approximate surface area is 179 Å². The van der Waals surface area contributed by atoms with Gasteiger partial charge < -0.3 is 14.4 Å². The molecule has 0 spiro atoms. The van der Waals surface area contributed by atoms with Crippen LogP contribution >= 0.6 is 15.9 Å². The van der Waals surface area contributed by atoms with E-state index in [0.29, 0.717) is 18.0 Å². The van der Waals surface area contributed by atoms with Gasteiger partial charge in [0.15, 0.2) is 11.5 Å². The first-order valence-corrected chi connectivity index (χ1v) is 11.5. The SMILES string of the molecule is CC1CCC2OC3=C(C(=O)C2C1)C(c1ccc(Br)cc1)N(CC1CCCO1)C3=O. The first-order valence-electron chi connectivity index (χ1n) is 10.7. The van der Waals surface area contributed by atoms with Gasteiger partial charge in [-0.05, 0) is 55.7 Å². The molecule has 5 unspecified atom stereocenters. The molecule has 1 amide bonds. The van der Waals surface area contributed by atoms with Crippen LogP contribution in [0.15, 0.2) is 40.1 Å². The minimum absolute atomic E-state index is 0.0238. The van der Waals surface area contributed by atoms with E-state index in [-0.39, 0.29) is 41.6 Å². The van der Waals surface area contributed by atoms with Crippen LogP contribution in [-0.2, 0) is 19.1 Å². The second-order valence-electron chi connectivity index (χ2n) is 8.83. The van der Waals surface area contributed by atoms with E-state index in [1.807, 2.05) is 29.2 Å². The van der Waals surface area contributed by atoms with Crippen molar-refractivity contribution in [3.63, 3.8) is 0 Å². The molecule has 1 aromatic rings. The predicted octanol–water partition coefficient (Wildman–Crippen LogP) is 4.17. The molecule has 6 heteroatoms. The van der Waals surface area contributed by atoms with E-state index < -0.39 is 0 Å². The Hall–Kier alpha value is -1.66. The van der Waals surface area contributed by atoms with Gasteiger partial charge in [-0.25, -0.2) is 0 Å². The molecule has 1 saturated carbocycles. The highest BCUT2D eigenvalue weighted by Gasteiger charge is 2.52. The van der Waals surface area contributed by atoms with Crippen LogP contribution < -0.4 is 0 Å². The first kappa shape index (κ1) is 19.3. The van der Waals surface area contributed by atoms with Gasteiger partial charge in [0.1, 0.15) is 6.10 Å². The van der Waals surface area contributed by atoms with Crippen LogP contribution in [0.1, 0.15) is 50.6 Å². The summed E-state index contributed by atoms with van der Waals surface area (Å²) in [6.07, 6.45) is 4.55. The molecule has 5 nitrogen and oxygen atoms in total. The first-order chi connectivity index (χ1) is 14.0. The summed E-state index contributed by atoms with van der Waals surface area (Å²) < 4.78 is 13.0. The molecular formula is C23H26BrNO4. The molecule has 0 aromatic heterocycles. The number of nitrogens with zero attached hydrogens (tertiary/aromatic N) is 1. The van der Waals surface area contributed by atoms with Crippen molar-refractivity contribution in [1.29, 1.82) is 0 Å². The number of carbonyl (C=O) groups excluding carboxylic acids is 2. The van der Waals surface area contributed by atoms with E-state index in [9.17, 15) is 9.59 Å². The maximum absolute atomic E-state index is 13.6. The lowest BCUT2D eigenvalue weighted by Gasteiger charge is -2.37. The third kappa shape index (κ3) is 3.34. The minimum Gasteiger partial charge on any atom is -0.483 e. The lowest BCUT2D eigenvalue weighted by molar-refractivity contribution is -0.136. The number of fused-ring (bicyclic) bond motifs is 1. The van der Waals surface area contributed by atoms with E-state index in [0.717, 1.165) is 48.7 Å². The van der Waals surface area contributed by atoms with E-state index >= 15 is 0 Å². The average Bonchev–Trinajstić information content (AvgIpc) is 3.32. The Morgan fingerprint density at radius 3 is 2.66 bits per heavy atom. The zero-order valence-electron chi connectivity index (χ0n) is 16.6. The van der Waals surface area contributed by atoms with Crippen LogP contribution in [0.2, 0.25) is 0 Å². The maximum atomic E-state index is 13.6. The molecule has 3 heterocycles. The molecule has 0 bridgehead atoms. The summed E-state index contributed by atoms with van der Waals surface area (Å²) in [5, 5.41) is 0. The number of rotatable bonds is 3. The highest BCUT2D eigenvalue weighted by atomic mass is 79.9. The molecule has 29 heavy (non-hydrogen) atoms. The predicted molar refractivity (Wildman–Crippen MR) is 111 cm³/mol. The quantitative estimate of drug-likeness (QED) is 0.680. The number of hydrogen-bond donors (Lipinski definition) is 0. The lowest BCUT2D eigenvalue weighted by Crippen LogP contribution is -2.41. The second kappa shape index (κ2) is 7.55. The Kier molecular flexibility index (Phi) is 5.03. The van der Waals surface area contributed by atoms with E-state index in [2.05, 4.69) is 22.9 Å². The van der Waals surface area contributed by atoms with Crippen molar-refractivity contribution in [2.24, 2.45) is 11.8 Å². The summed E-state index contributed by atoms with van der Waals surface area (Å²) in [7, 11) is 0. The summed E-state index contributed by atoms with van der Waals surface area (Å²) in [6.45, 7) is 3.43. The van der Waals surface area contributed by atoms with Crippen LogP contribution in [0.3, 0.4) is 0 Å². The van der Waals surface area contributed by atoms with Crippen LogP contribution in [0.5, 0.6) is 0 Å². The summed E-state index contributed by atoms with van der Waals surface area (Å²) in [5.41, 5.74) is 1.51. The van der Waals surface area contributed by atoms with Crippen molar-refractivity contribution in [3.8, 4) is 0 Å². The number of carbonyl (C=O) groups is 2. The highest BCUT2D eigenvalue weighted by molar-refractivity contribution is 9.10. The van der Waals surface area contributed by atoms with Crippen LogP contribution in [0, 0.1) is 11.8 Å². The Bertz CT molecular complexity index is 858. The lowest BCUT2D eigenvalue weighted by atomic mass is 9.74. The fraction of sp³-hybridized carbons (Fsp3) is 0.565. The summed E-state index contributed by atoms with van der Waals surface area (Å²) in [6, 6.07) is 7.51. The zero-order chi connectivity index (χ0) is 20.1. The van der Waals surface area contributed by atoms with Crippen molar-refractivity contribution in [1.82, 2.24) is 4.90 Å². The molecule has 1 saturated heterocycles. The van der Waals surface area contributed by atoms with Gasteiger partial charge in [0, 0.05) is 17.6 Å². The monoisotopic (exact) mass is 459 g/mol. The van der Waals surface area contributed by atoms with Crippen molar-refractivity contribution >= 4 is 27.6 Å². The second-order valence-corrected chi connectivity index (χ2v) is 9.75. The number of ketones is 1. The van der Waals surface area contributed by atoms with Gasteiger partial charge in [0.05, 0.1) is 23.6 Å². The topological polar surface area (TPSA) is 55.8 Å². The van der Waals surface area contributed by atoms with Crippen molar-refractivity contribution < 1.29 is 19.1 Å². The zero-order valence-corrected chi connectivity index (χ0v) is 18.2. The molecule has 4 aliphatic rings. The number of ether oxygens (including phenoxy) is 2. The van der Waals surface area contributed by atoms with Gasteiger partial charge in [-0.3, -0.25) is 9.59 Å². The smallest absolute Gasteiger partial charge is 0.290 e. The third-order valence-corrected chi connectivity index (χ3v) is 7.34. The van der Waals surface area contributed by atoms with Gasteiger partial charge in [-0.2, -0.15) is 0 Å². The molecule has 3 aliphatic heterocycles. The molecule has 5 atom stereocenters. The van der Waals surface area contributed by atoms with Gasteiger partial charge in [0.2, 0.25) is 0 Å². The van der Waals surface area contributed by atoms with Crippen LogP contribution in [-0.4, -0.2) is 41.9 Å². The fourth-order valence-corrected chi connectivity index (χ4v) is 5.58. The highest BCUT2D eigenvalue weighted by Crippen LogP contribution is 2.47. The van der Waals surface area contributed by atoms with E-state index in [1.54, 1.807) is 0 Å². The van der Waals surface area contributed by atoms with Gasteiger partial charge in [-0.15, -0.1) is 0 Å². The summed E-state index contributed by atoms with van der Waals surface area (Å²) >= 11 is 3.48. The number of hydrogen-bond acceptors (Lipinski definition) is 4. The van der Waals surface area contributed by atoms with E-state index in [4.69, 9.17) is 9.47 Å². The molecule has 5 rings (SSSR count). The van der Waals surface area contributed by atoms with Crippen LogP contribution in [0.4, 0.5) is 0 Å². The molecule has 0 radical (unpaired) electrons. The van der Waals surface area contributed by atoms with Gasteiger partial charge >= 0.3 is 0 Å². The van der Waals surface area contributed by atoms with Crippen molar-refractivity contribution in [3.05, 3.63) is 45.6 Å². The minimum atomic E-state index is -0.388. The Balaban J connectivity index is 1.54. The van der Waals surface area contributed by atoms with Crippen molar-refractivity contribution in [2.75, 3.05) is 13.2 Å². The Morgan fingerprint density at radius 2 is 1.93 bits per heavy atom. The molecular weight excluding hydrogens is 434 g/mol. The fourth-order valence-electron chi connectivity index (χ4n) is 5.31. The van der Waals surface area contributed by atoms with Gasteiger partial charge in [0.25, 0.3) is 5.91 Å². The normalized spacial score (nSPS) is 34.3. The van der Waals surface area contributed by atoms with Crippen LogP contribution in [0.25, 0.3) is 0 Å². The maximum Gasteiger partial charge on any atom is 0.290 e. The average molecular weight is 460 g/mol. The number of amides is 1. The molecule has 1 aromatic carbocycles. The van der Waals surface area contributed by atoms with Crippen molar-refractivity contribution in [2.45, 2.75) is 57.3 Å². The summed E-state index contributed by atoms with van der Waals surface area (Å²) in [4.78, 5) is 28.8. The standard InChI is InChI=1S/C23H26BrNO4/c1-13-4-9-18-17(11-13)21(26)19-20(14-5-7-15(24)8-6-14)25(23(27)22(19)29-18)12-16-3-2-10-28-16/h5-8,13,16-18,20H,2-4,9-12H2,1H3. The third-order valence-electron chi connectivity index (χ3n) is 6.82. The Morgan fingerprint density at radius 1 is 1.14 bits per heavy atom. The largest absolute Gasteiger partial charge is 0.483 e. The molecule has 1 aliphatic carbocycles. The van der Waals surface area contributed by atoms with Gasteiger partial charge in [-0.1, -0.05) is 35.0 Å². The molecule has 154 valence electrons.